The van der Waals surface area contributed by atoms with Crippen LogP contribution in [0.2, 0.25) is 15.1 Å². The SMILES string of the molecule is COc1cc(Cl)cc(-c2c(C)nn(-c3nc(-c4ccc(Cl)c(Cl)c4)c(SC(C)C)s3)c2C)c1.O=CO. The number of aryl methyl sites for hydroxylation is 1. The van der Waals surface area contributed by atoms with Crippen molar-refractivity contribution in [2.75, 3.05) is 7.11 Å². The van der Waals surface area contributed by atoms with Gasteiger partial charge in [0.25, 0.3) is 6.47 Å². The van der Waals surface area contributed by atoms with Gasteiger partial charge in [-0.05, 0) is 49.7 Å². The maximum absolute atomic E-state index is 8.36. The predicted octanol–water partition coefficient (Wildman–Crippen LogP) is 8.45. The molecule has 0 unspecified atom stereocenters. The molecule has 0 radical (unpaired) electrons. The standard InChI is InChI=1S/C24H22Cl3N3OS2.CH2O2/c1-12(2)32-23-22(15-6-7-19(26)20(27)10-15)28-24(33-23)30-14(4)21(13(3)29-30)16-8-17(25)11-18(9-16)31-5;2-1-3/h6-12H,1-5H3;1H,(H,2,3). The summed E-state index contributed by atoms with van der Waals surface area (Å²) >= 11 is 22.2. The number of nitrogens with zero attached hydrogens (tertiary/aromatic N) is 3. The van der Waals surface area contributed by atoms with Crippen LogP contribution in [0.3, 0.4) is 0 Å². The summed E-state index contributed by atoms with van der Waals surface area (Å²) in [5.74, 6) is 0.704. The van der Waals surface area contributed by atoms with Gasteiger partial charge in [0.05, 0.1) is 38.4 Å². The third-order valence-corrected chi connectivity index (χ3v) is 8.19. The molecule has 2 heterocycles. The first kappa shape index (κ1) is 28.3. The van der Waals surface area contributed by atoms with Crippen LogP contribution in [0.1, 0.15) is 25.2 Å². The molecule has 36 heavy (non-hydrogen) atoms. The van der Waals surface area contributed by atoms with Crippen molar-refractivity contribution in [1.82, 2.24) is 14.8 Å². The molecular weight excluding hydrogens is 561 g/mol. The van der Waals surface area contributed by atoms with Gasteiger partial charge in [-0.25, -0.2) is 9.67 Å². The highest BCUT2D eigenvalue weighted by Crippen LogP contribution is 2.42. The average Bonchev–Trinajstić information content (AvgIpc) is 3.35. The Kier molecular flexibility index (Phi) is 9.72. The van der Waals surface area contributed by atoms with E-state index in [1.54, 1.807) is 42.3 Å². The van der Waals surface area contributed by atoms with E-state index in [9.17, 15) is 0 Å². The van der Waals surface area contributed by atoms with Gasteiger partial charge in [-0.3, -0.25) is 4.79 Å². The van der Waals surface area contributed by atoms with Crippen LogP contribution >= 0.6 is 57.9 Å². The Balaban J connectivity index is 0.00000115. The van der Waals surface area contributed by atoms with Crippen LogP contribution in [0.5, 0.6) is 5.75 Å². The minimum atomic E-state index is -0.250. The van der Waals surface area contributed by atoms with Crippen molar-refractivity contribution >= 4 is 64.4 Å². The summed E-state index contributed by atoms with van der Waals surface area (Å²) in [5, 5.41) is 14.5. The number of aromatic nitrogens is 3. The largest absolute Gasteiger partial charge is 0.497 e. The van der Waals surface area contributed by atoms with E-state index < -0.39 is 0 Å². The molecule has 0 aliphatic rings. The van der Waals surface area contributed by atoms with Crippen LogP contribution in [-0.4, -0.2) is 38.7 Å². The second kappa shape index (κ2) is 12.3. The van der Waals surface area contributed by atoms with E-state index in [-0.39, 0.29) is 6.47 Å². The monoisotopic (exact) mass is 583 g/mol. The number of carboxylic acid groups (broad SMARTS) is 1. The zero-order valence-electron chi connectivity index (χ0n) is 20.2. The Hall–Kier alpha value is -2.23. The van der Waals surface area contributed by atoms with Crippen molar-refractivity contribution in [3.05, 3.63) is 62.9 Å². The first-order valence-electron chi connectivity index (χ1n) is 10.7. The van der Waals surface area contributed by atoms with E-state index >= 15 is 0 Å². The molecule has 1 N–H and O–H groups in total. The normalized spacial score (nSPS) is 10.8. The van der Waals surface area contributed by atoms with Crippen LogP contribution < -0.4 is 4.74 Å². The fraction of sp³-hybridized carbons (Fsp3) is 0.240. The second-order valence-electron chi connectivity index (χ2n) is 7.87. The van der Waals surface area contributed by atoms with E-state index in [2.05, 4.69) is 13.8 Å². The van der Waals surface area contributed by atoms with Crippen molar-refractivity contribution in [1.29, 1.82) is 0 Å². The summed E-state index contributed by atoms with van der Waals surface area (Å²) in [5.41, 5.74) is 5.65. The zero-order valence-corrected chi connectivity index (χ0v) is 24.1. The molecule has 11 heteroatoms. The fourth-order valence-corrected chi connectivity index (χ4v) is 6.62. The fourth-order valence-electron chi connectivity index (χ4n) is 3.58. The minimum absolute atomic E-state index is 0.250. The van der Waals surface area contributed by atoms with Crippen LogP contribution in [-0.2, 0) is 4.79 Å². The number of halogens is 3. The van der Waals surface area contributed by atoms with Gasteiger partial charge in [0.15, 0.2) is 0 Å². The molecule has 0 aliphatic carbocycles. The number of thioether (sulfide) groups is 1. The van der Waals surface area contributed by atoms with Gasteiger partial charge in [-0.1, -0.05) is 66.1 Å². The lowest BCUT2D eigenvalue weighted by Crippen LogP contribution is -1.98. The Morgan fingerprint density at radius 2 is 1.78 bits per heavy atom. The number of benzene rings is 2. The summed E-state index contributed by atoms with van der Waals surface area (Å²) in [4.78, 5) is 13.3. The molecule has 0 bridgehead atoms. The van der Waals surface area contributed by atoms with E-state index in [0.29, 0.717) is 26.1 Å². The molecule has 0 fully saturated rings. The highest BCUT2D eigenvalue weighted by atomic mass is 35.5. The molecule has 0 amide bonds. The van der Waals surface area contributed by atoms with Crippen molar-refractivity contribution < 1.29 is 14.6 Å². The van der Waals surface area contributed by atoms with Crippen molar-refractivity contribution in [3.8, 4) is 33.3 Å². The van der Waals surface area contributed by atoms with E-state index in [1.807, 2.05) is 42.8 Å². The number of rotatable bonds is 6. The molecular formula is C25H24Cl3N3O3S2. The van der Waals surface area contributed by atoms with Crippen LogP contribution in [0.4, 0.5) is 0 Å². The number of thiazole rings is 1. The Labute approximate surface area is 233 Å². The Morgan fingerprint density at radius 1 is 1.08 bits per heavy atom. The molecule has 0 saturated heterocycles. The van der Waals surface area contributed by atoms with Crippen LogP contribution in [0.25, 0.3) is 27.5 Å². The minimum Gasteiger partial charge on any atom is -0.497 e. The summed E-state index contributed by atoms with van der Waals surface area (Å²) in [6.45, 7) is 8.11. The zero-order chi connectivity index (χ0) is 26.6. The number of methoxy groups -OCH3 is 1. The molecule has 0 aliphatic heterocycles. The summed E-state index contributed by atoms with van der Waals surface area (Å²) in [7, 11) is 1.63. The lowest BCUT2D eigenvalue weighted by atomic mass is 10.0. The van der Waals surface area contributed by atoms with Crippen LogP contribution in [0.15, 0.2) is 40.6 Å². The molecule has 2 aromatic carbocycles. The van der Waals surface area contributed by atoms with E-state index in [1.165, 1.54) is 0 Å². The van der Waals surface area contributed by atoms with Gasteiger partial charge in [0.2, 0.25) is 5.13 Å². The number of ether oxygens (including phenoxy) is 1. The molecule has 4 aromatic rings. The molecule has 0 atom stereocenters. The van der Waals surface area contributed by atoms with Crippen molar-refractivity contribution in [3.63, 3.8) is 0 Å². The van der Waals surface area contributed by atoms with Crippen molar-refractivity contribution in [2.45, 2.75) is 37.2 Å². The maximum atomic E-state index is 8.36. The number of carbonyl (C=O) groups is 1. The smallest absolute Gasteiger partial charge is 0.290 e. The highest BCUT2D eigenvalue weighted by Gasteiger charge is 2.22. The Bertz CT molecular complexity index is 1390. The molecule has 0 spiro atoms. The second-order valence-corrected chi connectivity index (χ2v) is 11.9. The van der Waals surface area contributed by atoms with E-state index in [4.69, 9.17) is 59.5 Å². The third kappa shape index (κ3) is 6.36. The van der Waals surface area contributed by atoms with Gasteiger partial charge in [0, 0.05) is 21.4 Å². The lowest BCUT2D eigenvalue weighted by molar-refractivity contribution is -0.122. The van der Waals surface area contributed by atoms with Gasteiger partial charge in [-0.2, -0.15) is 5.10 Å². The van der Waals surface area contributed by atoms with Crippen molar-refractivity contribution in [2.24, 2.45) is 0 Å². The average molecular weight is 585 g/mol. The van der Waals surface area contributed by atoms with Gasteiger partial charge in [0.1, 0.15) is 5.75 Å². The molecule has 4 rings (SSSR count). The molecule has 0 saturated carbocycles. The third-order valence-electron chi connectivity index (χ3n) is 4.99. The predicted molar refractivity (Wildman–Crippen MR) is 151 cm³/mol. The van der Waals surface area contributed by atoms with E-state index in [0.717, 1.165) is 43.1 Å². The first-order valence-corrected chi connectivity index (χ1v) is 13.5. The summed E-state index contributed by atoms with van der Waals surface area (Å²) in [6, 6.07) is 11.3. The van der Waals surface area contributed by atoms with Gasteiger partial charge < -0.3 is 9.84 Å². The lowest BCUT2D eigenvalue weighted by Gasteiger charge is -2.07. The summed E-state index contributed by atoms with van der Waals surface area (Å²) in [6.07, 6.45) is 0. The molecule has 6 nitrogen and oxygen atoms in total. The highest BCUT2D eigenvalue weighted by molar-refractivity contribution is 8.01. The quantitative estimate of drug-likeness (QED) is 0.181. The van der Waals surface area contributed by atoms with Crippen LogP contribution in [0, 0.1) is 13.8 Å². The number of hydrogen-bond donors (Lipinski definition) is 1. The first-order chi connectivity index (χ1) is 17.1. The topological polar surface area (TPSA) is 77.2 Å². The number of hydrogen-bond acceptors (Lipinski definition) is 6. The molecule has 2 aromatic heterocycles. The van der Waals surface area contributed by atoms with Gasteiger partial charge in [-0.15, -0.1) is 11.8 Å². The maximum Gasteiger partial charge on any atom is 0.290 e. The summed E-state index contributed by atoms with van der Waals surface area (Å²) < 4.78 is 8.41. The molecule has 190 valence electrons. The Morgan fingerprint density at radius 3 is 2.39 bits per heavy atom. The van der Waals surface area contributed by atoms with Gasteiger partial charge >= 0.3 is 0 Å².